The maximum absolute atomic E-state index is 14.1. The Morgan fingerprint density at radius 2 is 2.10 bits per heavy atom. The number of benzene rings is 1. The Hall–Kier alpha value is -1.79. The fourth-order valence-electron chi connectivity index (χ4n) is 2.56. The molecule has 1 saturated heterocycles. The average molecular weight is 290 g/mol. The molecule has 3 rings (SSSR count). The van der Waals surface area contributed by atoms with Gasteiger partial charge in [-0.25, -0.2) is 4.39 Å². The van der Waals surface area contributed by atoms with E-state index in [-0.39, 0.29) is 17.7 Å². The highest BCUT2D eigenvalue weighted by Crippen LogP contribution is 2.25. The number of piperazine rings is 1. The molecule has 0 saturated carbocycles. The van der Waals surface area contributed by atoms with Crippen molar-refractivity contribution in [1.29, 1.82) is 0 Å². The van der Waals surface area contributed by atoms with Gasteiger partial charge in [0.05, 0.1) is 11.6 Å². The largest absolute Gasteiger partial charge is 0.334 e. The Labute approximate surface area is 123 Å². The lowest BCUT2D eigenvalue weighted by Gasteiger charge is -2.30. The molecule has 1 fully saturated rings. The predicted octanol–water partition coefficient (Wildman–Crippen LogP) is 2.15. The van der Waals surface area contributed by atoms with Crippen molar-refractivity contribution in [3.8, 4) is 11.5 Å². The van der Waals surface area contributed by atoms with Gasteiger partial charge in [0.15, 0.2) is 5.82 Å². The summed E-state index contributed by atoms with van der Waals surface area (Å²) in [7, 11) is 0. The number of hydrogen-bond donors (Lipinski definition) is 1. The number of halogens is 1. The molecule has 5 nitrogen and oxygen atoms in total. The van der Waals surface area contributed by atoms with Crippen LogP contribution in [0.25, 0.3) is 11.5 Å². The van der Waals surface area contributed by atoms with Gasteiger partial charge in [-0.05, 0) is 25.5 Å². The minimum atomic E-state index is -0.303. The molecule has 1 aliphatic rings. The molecule has 1 aromatic carbocycles. The quantitative estimate of drug-likeness (QED) is 0.938. The van der Waals surface area contributed by atoms with Crippen LogP contribution in [-0.4, -0.2) is 41.2 Å². The molecule has 0 aliphatic carbocycles. The first-order chi connectivity index (χ1) is 10.2. The Bertz CT molecular complexity index is 622. The van der Waals surface area contributed by atoms with Crippen LogP contribution in [0.3, 0.4) is 0 Å². The van der Waals surface area contributed by atoms with Gasteiger partial charge in [0.25, 0.3) is 5.89 Å². The van der Waals surface area contributed by atoms with Gasteiger partial charge < -0.3 is 9.84 Å². The average Bonchev–Trinajstić information content (AvgIpc) is 3.00. The van der Waals surface area contributed by atoms with E-state index in [2.05, 4.69) is 20.4 Å². The Morgan fingerprint density at radius 1 is 1.33 bits per heavy atom. The summed E-state index contributed by atoms with van der Waals surface area (Å²) >= 11 is 0. The summed E-state index contributed by atoms with van der Waals surface area (Å²) in [6.45, 7) is 7.59. The minimum Gasteiger partial charge on any atom is -0.334 e. The molecule has 1 unspecified atom stereocenters. The maximum Gasteiger partial charge on any atom is 0.260 e. The van der Waals surface area contributed by atoms with Crippen molar-refractivity contribution in [2.24, 2.45) is 0 Å². The monoisotopic (exact) mass is 290 g/mol. The molecule has 0 radical (unpaired) electrons. The highest BCUT2D eigenvalue weighted by molar-refractivity contribution is 5.55. The van der Waals surface area contributed by atoms with E-state index in [0.717, 1.165) is 26.2 Å². The summed E-state index contributed by atoms with van der Waals surface area (Å²) in [4.78, 5) is 6.67. The number of aromatic nitrogens is 2. The third kappa shape index (κ3) is 2.82. The summed E-state index contributed by atoms with van der Waals surface area (Å²) in [6.07, 6.45) is 0. The van der Waals surface area contributed by atoms with Crippen LogP contribution in [-0.2, 0) is 0 Å². The summed E-state index contributed by atoms with van der Waals surface area (Å²) in [5.41, 5.74) is 0.934. The lowest BCUT2D eigenvalue weighted by Crippen LogP contribution is -2.44. The van der Waals surface area contributed by atoms with Gasteiger partial charge in [-0.1, -0.05) is 17.3 Å². The number of aryl methyl sites for hydroxylation is 1. The maximum atomic E-state index is 14.1. The van der Waals surface area contributed by atoms with Gasteiger partial charge >= 0.3 is 0 Å². The van der Waals surface area contributed by atoms with Gasteiger partial charge in [0, 0.05) is 26.2 Å². The van der Waals surface area contributed by atoms with Crippen LogP contribution in [0.4, 0.5) is 4.39 Å². The molecular formula is C15H19FN4O. The highest BCUT2D eigenvalue weighted by atomic mass is 19.1. The second kappa shape index (κ2) is 5.91. The van der Waals surface area contributed by atoms with Gasteiger partial charge in [-0.3, -0.25) is 4.90 Å². The first kappa shape index (κ1) is 14.2. The number of nitrogens with one attached hydrogen (secondary N) is 1. The van der Waals surface area contributed by atoms with Crippen LogP contribution >= 0.6 is 0 Å². The minimum absolute atomic E-state index is 0.0671. The van der Waals surface area contributed by atoms with Crippen molar-refractivity contribution in [2.45, 2.75) is 19.9 Å². The van der Waals surface area contributed by atoms with Gasteiger partial charge in [0.1, 0.15) is 5.82 Å². The van der Waals surface area contributed by atoms with Crippen molar-refractivity contribution in [1.82, 2.24) is 20.4 Å². The molecule has 6 heteroatoms. The fraction of sp³-hybridized carbons (Fsp3) is 0.467. The summed E-state index contributed by atoms with van der Waals surface area (Å²) in [6, 6.07) is 5.24. The Morgan fingerprint density at radius 3 is 2.86 bits per heavy atom. The number of nitrogens with zero attached hydrogens (tertiary/aromatic N) is 3. The summed E-state index contributed by atoms with van der Waals surface area (Å²) in [5.74, 6) is 0.545. The van der Waals surface area contributed by atoms with E-state index in [9.17, 15) is 4.39 Å². The predicted molar refractivity (Wildman–Crippen MR) is 77.3 cm³/mol. The second-order valence-electron chi connectivity index (χ2n) is 5.36. The van der Waals surface area contributed by atoms with Crippen molar-refractivity contribution < 1.29 is 8.91 Å². The van der Waals surface area contributed by atoms with Crippen LogP contribution in [0.5, 0.6) is 0 Å². The van der Waals surface area contributed by atoms with Gasteiger partial charge in [-0.2, -0.15) is 4.98 Å². The molecule has 2 heterocycles. The highest BCUT2D eigenvalue weighted by Gasteiger charge is 2.23. The molecule has 1 aromatic heterocycles. The Kier molecular flexibility index (Phi) is 3.98. The van der Waals surface area contributed by atoms with Crippen LogP contribution in [0.1, 0.15) is 24.4 Å². The van der Waals surface area contributed by atoms with Crippen LogP contribution < -0.4 is 5.32 Å². The number of hydrogen-bond acceptors (Lipinski definition) is 5. The third-order valence-corrected chi connectivity index (χ3v) is 3.94. The van der Waals surface area contributed by atoms with Crippen molar-refractivity contribution in [2.75, 3.05) is 26.2 Å². The fourth-order valence-corrected chi connectivity index (χ4v) is 2.56. The zero-order chi connectivity index (χ0) is 14.8. The SMILES string of the molecule is Cc1cccc(-c2nc(C(C)N3CCNCC3)no2)c1F. The van der Waals surface area contributed by atoms with E-state index in [4.69, 9.17) is 4.52 Å². The molecule has 21 heavy (non-hydrogen) atoms. The third-order valence-electron chi connectivity index (χ3n) is 3.94. The lowest BCUT2D eigenvalue weighted by atomic mass is 10.1. The molecule has 0 amide bonds. The molecule has 112 valence electrons. The normalized spacial score (nSPS) is 17.9. The molecule has 1 atom stereocenters. The molecule has 0 spiro atoms. The standard InChI is InChI=1S/C15H19FN4O/c1-10-4-3-5-12(13(10)16)15-18-14(19-21-15)11(2)20-8-6-17-7-9-20/h3-5,11,17H,6-9H2,1-2H3. The molecule has 2 aromatic rings. The molecular weight excluding hydrogens is 271 g/mol. The molecule has 0 bridgehead atoms. The summed E-state index contributed by atoms with van der Waals surface area (Å²) < 4.78 is 19.4. The van der Waals surface area contributed by atoms with E-state index in [1.165, 1.54) is 0 Å². The van der Waals surface area contributed by atoms with Crippen molar-refractivity contribution >= 4 is 0 Å². The Balaban J connectivity index is 1.84. The smallest absolute Gasteiger partial charge is 0.260 e. The van der Waals surface area contributed by atoms with Crippen molar-refractivity contribution in [3.05, 3.63) is 35.4 Å². The van der Waals surface area contributed by atoms with E-state index in [1.807, 2.05) is 6.92 Å². The zero-order valence-corrected chi connectivity index (χ0v) is 12.3. The van der Waals surface area contributed by atoms with Crippen LogP contribution in [0, 0.1) is 12.7 Å². The van der Waals surface area contributed by atoms with Crippen LogP contribution in [0.15, 0.2) is 22.7 Å². The van der Waals surface area contributed by atoms with E-state index in [1.54, 1.807) is 25.1 Å². The van der Waals surface area contributed by atoms with Gasteiger partial charge in [0.2, 0.25) is 0 Å². The second-order valence-corrected chi connectivity index (χ2v) is 5.36. The first-order valence-corrected chi connectivity index (χ1v) is 7.20. The zero-order valence-electron chi connectivity index (χ0n) is 12.3. The first-order valence-electron chi connectivity index (χ1n) is 7.20. The summed E-state index contributed by atoms with van der Waals surface area (Å²) in [5, 5.41) is 7.33. The van der Waals surface area contributed by atoms with E-state index in [0.29, 0.717) is 17.0 Å². The van der Waals surface area contributed by atoms with Crippen molar-refractivity contribution in [3.63, 3.8) is 0 Å². The molecule has 1 N–H and O–H groups in total. The molecule has 1 aliphatic heterocycles. The lowest BCUT2D eigenvalue weighted by molar-refractivity contribution is 0.176. The van der Waals surface area contributed by atoms with Crippen LogP contribution in [0.2, 0.25) is 0 Å². The number of rotatable bonds is 3. The topological polar surface area (TPSA) is 54.2 Å². The van der Waals surface area contributed by atoms with Gasteiger partial charge in [-0.15, -0.1) is 0 Å². The van der Waals surface area contributed by atoms with E-state index >= 15 is 0 Å². The van der Waals surface area contributed by atoms with E-state index < -0.39 is 0 Å².